The fraction of sp³-hybridized carbons (Fsp3) is 0.357. The molecule has 1 rings (SSSR count). The van der Waals surface area contributed by atoms with Crippen LogP contribution in [0.15, 0.2) is 30.9 Å². The van der Waals surface area contributed by atoms with Gasteiger partial charge in [-0.25, -0.2) is 4.79 Å². The summed E-state index contributed by atoms with van der Waals surface area (Å²) in [6, 6.07) is 0.611. The van der Waals surface area contributed by atoms with Crippen molar-refractivity contribution in [3.8, 4) is 0 Å². The third-order valence-corrected chi connectivity index (χ3v) is 2.63. The highest BCUT2D eigenvalue weighted by Gasteiger charge is 2.37. The van der Waals surface area contributed by atoms with Gasteiger partial charge in [0.05, 0.1) is 16.7 Å². The number of carbonyl (C=O) groups is 1. The minimum atomic E-state index is -5.01. The van der Waals surface area contributed by atoms with E-state index in [0.29, 0.717) is 12.1 Å². The Kier molecular flexibility index (Phi) is 5.26. The molecule has 1 unspecified atom stereocenters. The molecule has 0 aliphatic heterocycles. The maximum absolute atomic E-state index is 12.7. The molecule has 0 aliphatic rings. The van der Waals surface area contributed by atoms with Gasteiger partial charge in [-0.05, 0) is 25.1 Å². The minimum Gasteiger partial charge on any atom is -0.459 e. The van der Waals surface area contributed by atoms with Crippen LogP contribution >= 0.6 is 0 Å². The summed E-state index contributed by atoms with van der Waals surface area (Å²) in [5.74, 6) is -1.26. The van der Waals surface area contributed by atoms with Gasteiger partial charge < -0.3 is 4.74 Å². The first kappa shape index (κ1) is 18.1. The van der Waals surface area contributed by atoms with Crippen molar-refractivity contribution < 1.29 is 35.9 Å². The summed E-state index contributed by atoms with van der Waals surface area (Å²) in [7, 11) is 0. The monoisotopic (exact) mass is 326 g/mol. The molecule has 22 heavy (non-hydrogen) atoms. The van der Waals surface area contributed by atoms with E-state index in [9.17, 15) is 31.1 Å². The van der Waals surface area contributed by atoms with E-state index in [2.05, 4.69) is 6.58 Å². The van der Waals surface area contributed by atoms with Crippen molar-refractivity contribution in [3.63, 3.8) is 0 Å². The molecular formula is C14H12F6O2. The van der Waals surface area contributed by atoms with Gasteiger partial charge in [0.25, 0.3) is 0 Å². The number of alkyl halides is 6. The predicted molar refractivity (Wildman–Crippen MR) is 66.1 cm³/mol. The summed E-state index contributed by atoms with van der Waals surface area (Å²) in [6.07, 6.45) is -9.11. The third kappa shape index (κ3) is 4.78. The van der Waals surface area contributed by atoms with Gasteiger partial charge in [0, 0.05) is 6.42 Å². The molecule has 8 heteroatoms. The fourth-order valence-corrected chi connectivity index (χ4v) is 1.61. The first-order valence-electron chi connectivity index (χ1n) is 6.06. The minimum absolute atomic E-state index is 0.0516. The van der Waals surface area contributed by atoms with E-state index in [4.69, 9.17) is 4.74 Å². The second-order valence-corrected chi connectivity index (χ2v) is 4.53. The molecule has 1 aromatic carbocycles. The van der Waals surface area contributed by atoms with E-state index in [1.165, 1.54) is 13.0 Å². The number of ether oxygens (including phenoxy) is 1. The van der Waals surface area contributed by atoms with Crippen LogP contribution in [0.1, 0.15) is 34.8 Å². The van der Waals surface area contributed by atoms with E-state index >= 15 is 0 Å². The second-order valence-electron chi connectivity index (χ2n) is 4.53. The number of halogens is 6. The molecule has 0 radical (unpaired) electrons. The molecule has 0 heterocycles. The van der Waals surface area contributed by atoms with Crippen LogP contribution in [0.3, 0.4) is 0 Å². The van der Waals surface area contributed by atoms with Gasteiger partial charge in [0.2, 0.25) is 0 Å². The summed E-state index contributed by atoms with van der Waals surface area (Å²) in [4.78, 5) is 11.7. The highest BCUT2D eigenvalue weighted by atomic mass is 19.4. The molecule has 0 bridgehead atoms. The highest BCUT2D eigenvalue weighted by molar-refractivity contribution is 5.90. The molecule has 0 fully saturated rings. The van der Waals surface area contributed by atoms with Gasteiger partial charge in [-0.2, -0.15) is 26.3 Å². The molecule has 122 valence electrons. The topological polar surface area (TPSA) is 26.3 Å². The van der Waals surface area contributed by atoms with Gasteiger partial charge in [-0.1, -0.05) is 6.08 Å². The lowest BCUT2D eigenvalue weighted by Gasteiger charge is -2.15. The van der Waals surface area contributed by atoms with Crippen LogP contribution in [-0.4, -0.2) is 12.1 Å². The summed E-state index contributed by atoms with van der Waals surface area (Å²) in [6.45, 7) is 4.83. The zero-order valence-corrected chi connectivity index (χ0v) is 11.4. The number of benzene rings is 1. The van der Waals surface area contributed by atoms with E-state index in [1.54, 1.807) is 0 Å². The number of rotatable bonds is 4. The van der Waals surface area contributed by atoms with Gasteiger partial charge in [-0.15, -0.1) is 6.58 Å². The number of hydrogen-bond acceptors (Lipinski definition) is 2. The summed E-state index contributed by atoms with van der Waals surface area (Å²) < 4.78 is 80.7. The van der Waals surface area contributed by atoms with Gasteiger partial charge in [0.1, 0.15) is 6.10 Å². The normalized spacial score (nSPS) is 13.6. The summed E-state index contributed by atoms with van der Waals surface area (Å²) >= 11 is 0. The standard InChI is InChI=1S/C14H12F6O2/c1-3-4-8(2)22-12(21)9-5-10(13(15,16)17)7-11(6-9)14(18,19)20/h3,5-8H,1,4H2,2H3. The van der Waals surface area contributed by atoms with Crippen LogP contribution in [0.5, 0.6) is 0 Å². The molecule has 1 aromatic rings. The molecule has 1 atom stereocenters. The number of carbonyl (C=O) groups excluding carboxylic acids is 1. The first-order chi connectivity index (χ1) is 9.95. The number of hydrogen-bond donors (Lipinski definition) is 0. The Labute approximate surface area is 122 Å². The molecule has 0 spiro atoms. The van der Waals surface area contributed by atoms with Crippen molar-refractivity contribution in [3.05, 3.63) is 47.5 Å². The van der Waals surface area contributed by atoms with E-state index < -0.39 is 41.1 Å². The Balaban J connectivity index is 3.24. The SMILES string of the molecule is C=CCC(C)OC(=O)c1cc(C(F)(F)F)cc(C(F)(F)F)c1. The van der Waals surface area contributed by atoms with E-state index in [1.807, 2.05) is 0 Å². The summed E-state index contributed by atoms with van der Waals surface area (Å²) in [5.41, 5.74) is -3.94. The van der Waals surface area contributed by atoms with Gasteiger partial charge >= 0.3 is 18.3 Å². The second kappa shape index (κ2) is 6.41. The van der Waals surface area contributed by atoms with Crippen LogP contribution in [0, 0.1) is 0 Å². The first-order valence-corrected chi connectivity index (χ1v) is 6.06. The Morgan fingerprint density at radius 1 is 1.14 bits per heavy atom. The van der Waals surface area contributed by atoms with Crippen molar-refractivity contribution in [2.24, 2.45) is 0 Å². The highest BCUT2D eigenvalue weighted by Crippen LogP contribution is 2.36. The van der Waals surface area contributed by atoms with Crippen molar-refractivity contribution in [1.29, 1.82) is 0 Å². The molecule has 2 nitrogen and oxygen atoms in total. The van der Waals surface area contributed by atoms with Crippen molar-refractivity contribution in [2.45, 2.75) is 31.8 Å². The van der Waals surface area contributed by atoms with Crippen LogP contribution in [-0.2, 0) is 17.1 Å². The molecular weight excluding hydrogens is 314 g/mol. The maximum Gasteiger partial charge on any atom is 0.416 e. The molecule has 0 aliphatic carbocycles. The zero-order chi connectivity index (χ0) is 17.1. The quantitative estimate of drug-likeness (QED) is 0.449. The van der Waals surface area contributed by atoms with Crippen LogP contribution in [0.25, 0.3) is 0 Å². The van der Waals surface area contributed by atoms with Crippen LogP contribution in [0.4, 0.5) is 26.3 Å². The van der Waals surface area contributed by atoms with E-state index in [0.717, 1.165) is 0 Å². The van der Waals surface area contributed by atoms with Crippen molar-refractivity contribution >= 4 is 5.97 Å². The Morgan fingerprint density at radius 2 is 1.59 bits per heavy atom. The Morgan fingerprint density at radius 3 is 1.95 bits per heavy atom. The molecule has 0 aromatic heterocycles. The van der Waals surface area contributed by atoms with E-state index in [-0.39, 0.29) is 12.5 Å². The molecule has 0 N–H and O–H groups in total. The smallest absolute Gasteiger partial charge is 0.416 e. The fourth-order valence-electron chi connectivity index (χ4n) is 1.61. The molecule has 0 amide bonds. The Hall–Kier alpha value is -1.99. The molecule has 0 saturated carbocycles. The third-order valence-electron chi connectivity index (χ3n) is 2.63. The lowest BCUT2D eigenvalue weighted by molar-refractivity contribution is -0.143. The maximum atomic E-state index is 12.7. The Bertz CT molecular complexity index is 527. The average Bonchev–Trinajstić information content (AvgIpc) is 2.36. The molecule has 0 saturated heterocycles. The average molecular weight is 326 g/mol. The summed E-state index contributed by atoms with van der Waals surface area (Å²) in [5, 5.41) is 0. The van der Waals surface area contributed by atoms with Crippen molar-refractivity contribution in [1.82, 2.24) is 0 Å². The van der Waals surface area contributed by atoms with Gasteiger partial charge in [-0.3, -0.25) is 0 Å². The van der Waals surface area contributed by atoms with Crippen LogP contribution < -0.4 is 0 Å². The zero-order valence-electron chi connectivity index (χ0n) is 11.4. The lowest BCUT2D eigenvalue weighted by atomic mass is 10.0. The predicted octanol–water partition coefficient (Wildman–Crippen LogP) is 4.85. The van der Waals surface area contributed by atoms with Crippen molar-refractivity contribution in [2.75, 3.05) is 0 Å². The van der Waals surface area contributed by atoms with Gasteiger partial charge in [0.15, 0.2) is 0 Å². The number of esters is 1. The van der Waals surface area contributed by atoms with Crippen LogP contribution in [0.2, 0.25) is 0 Å². The lowest BCUT2D eigenvalue weighted by Crippen LogP contribution is -2.17. The largest absolute Gasteiger partial charge is 0.459 e.